The van der Waals surface area contributed by atoms with Gasteiger partial charge in [0.25, 0.3) is 0 Å². The van der Waals surface area contributed by atoms with E-state index in [-0.39, 0.29) is 13.3 Å². The Balaban J connectivity index is 0.000000623. The van der Waals surface area contributed by atoms with E-state index < -0.39 is 0 Å². The lowest BCUT2D eigenvalue weighted by atomic mass is 10.1. The Morgan fingerprint density at radius 2 is 1.24 bits per heavy atom. The van der Waals surface area contributed by atoms with E-state index in [1.807, 2.05) is 11.9 Å². The van der Waals surface area contributed by atoms with E-state index in [2.05, 4.69) is 71.2 Å². The second-order valence-electron chi connectivity index (χ2n) is 10.3. The van der Waals surface area contributed by atoms with Crippen LogP contribution in [0.4, 0.5) is 0 Å². The number of amides is 2. The minimum absolute atomic E-state index is 0. The standard InChI is InChI=1S/C15H25NO.C14H23NO.CH4/c1-12(2)6-5-7-13(3)10-11-16(4)15(17)14-8-9-14;1-11(2)5-4-6-12(3)9-10-15-14(16)13-7-8-13;/h6,10,14H,5,7-9,11H2,1-4H3;5,9,13H,4,6-8,10H2,1-3H3,(H,15,16);1H4/b13-10+;12-9+;. The summed E-state index contributed by atoms with van der Waals surface area (Å²) in [5, 5.41) is 2.94. The van der Waals surface area contributed by atoms with Crippen molar-refractivity contribution in [2.75, 3.05) is 20.1 Å². The summed E-state index contributed by atoms with van der Waals surface area (Å²) in [5.41, 5.74) is 5.47. The van der Waals surface area contributed by atoms with Crippen molar-refractivity contribution >= 4 is 11.8 Å². The van der Waals surface area contributed by atoms with Gasteiger partial charge in [0.2, 0.25) is 11.8 Å². The first-order chi connectivity index (χ1) is 15.6. The van der Waals surface area contributed by atoms with Gasteiger partial charge in [0, 0.05) is 32.0 Å². The number of hydrogen-bond donors (Lipinski definition) is 1. The zero-order chi connectivity index (χ0) is 24.8. The quantitative estimate of drug-likeness (QED) is 0.301. The molecule has 0 aliphatic heterocycles. The Morgan fingerprint density at radius 1 is 0.765 bits per heavy atom. The lowest BCUT2D eigenvalue weighted by Crippen LogP contribution is -2.28. The highest BCUT2D eigenvalue weighted by Gasteiger charge is 2.31. The number of rotatable bonds is 12. The molecule has 4 heteroatoms. The van der Waals surface area contributed by atoms with Gasteiger partial charge in [0.1, 0.15) is 0 Å². The summed E-state index contributed by atoms with van der Waals surface area (Å²) in [5.74, 6) is 1.20. The van der Waals surface area contributed by atoms with Crippen LogP contribution in [0.25, 0.3) is 0 Å². The third-order valence-corrected chi connectivity index (χ3v) is 5.87. The highest BCUT2D eigenvalue weighted by atomic mass is 16.2. The van der Waals surface area contributed by atoms with Crippen LogP contribution in [-0.2, 0) is 9.59 Å². The van der Waals surface area contributed by atoms with Gasteiger partial charge >= 0.3 is 0 Å². The monoisotopic (exact) mass is 472 g/mol. The average Bonchev–Trinajstić information content (AvgIpc) is 3.64. The summed E-state index contributed by atoms with van der Waals surface area (Å²) < 4.78 is 0. The van der Waals surface area contributed by atoms with Crippen molar-refractivity contribution in [3.63, 3.8) is 0 Å². The van der Waals surface area contributed by atoms with Crippen LogP contribution >= 0.6 is 0 Å². The van der Waals surface area contributed by atoms with Crippen LogP contribution in [-0.4, -0.2) is 36.9 Å². The summed E-state index contributed by atoms with van der Waals surface area (Å²) in [7, 11) is 1.90. The van der Waals surface area contributed by atoms with E-state index in [1.165, 1.54) is 22.3 Å². The van der Waals surface area contributed by atoms with Crippen molar-refractivity contribution in [3.05, 3.63) is 46.6 Å². The molecule has 0 unspecified atom stereocenters. The number of nitrogens with one attached hydrogen (secondary N) is 1. The van der Waals surface area contributed by atoms with Crippen molar-refractivity contribution < 1.29 is 9.59 Å². The van der Waals surface area contributed by atoms with Gasteiger partial charge in [-0.05, 0) is 92.9 Å². The average molecular weight is 473 g/mol. The fourth-order valence-corrected chi connectivity index (χ4v) is 3.22. The Morgan fingerprint density at radius 3 is 1.68 bits per heavy atom. The molecular formula is C30H52N2O2. The van der Waals surface area contributed by atoms with E-state index in [0.29, 0.717) is 24.3 Å². The molecule has 194 valence electrons. The molecule has 2 rings (SSSR count). The van der Waals surface area contributed by atoms with Gasteiger partial charge in [-0.25, -0.2) is 0 Å². The topological polar surface area (TPSA) is 49.4 Å². The van der Waals surface area contributed by atoms with Crippen LogP contribution in [0.1, 0.15) is 100 Å². The third kappa shape index (κ3) is 16.5. The van der Waals surface area contributed by atoms with E-state index in [1.54, 1.807) is 0 Å². The molecule has 34 heavy (non-hydrogen) atoms. The minimum Gasteiger partial charge on any atom is -0.352 e. The van der Waals surface area contributed by atoms with Crippen molar-refractivity contribution in [1.29, 1.82) is 0 Å². The largest absolute Gasteiger partial charge is 0.352 e. The molecule has 1 N–H and O–H groups in total. The van der Waals surface area contributed by atoms with Gasteiger partial charge in [-0.2, -0.15) is 0 Å². The third-order valence-electron chi connectivity index (χ3n) is 5.87. The maximum Gasteiger partial charge on any atom is 0.225 e. The highest BCUT2D eigenvalue weighted by Crippen LogP contribution is 2.30. The molecule has 0 atom stereocenters. The maximum atomic E-state index is 11.7. The Labute approximate surface area is 210 Å². The first kappa shape index (κ1) is 31.9. The number of carbonyl (C=O) groups is 2. The number of nitrogens with zero attached hydrogens (tertiary/aromatic N) is 1. The predicted octanol–water partition coefficient (Wildman–Crippen LogP) is 7.39. The van der Waals surface area contributed by atoms with E-state index in [9.17, 15) is 9.59 Å². The van der Waals surface area contributed by atoms with Crippen LogP contribution in [0.3, 0.4) is 0 Å². The number of hydrogen-bond acceptors (Lipinski definition) is 2. The molecule has 2 aliphatic carbocycles. The highest BCUT2D eigenvalue weighted by molar-refractivity contribution is 5.81. The second kappa shape index (κ2) is 17.4. The molecule has 0 radical (unpaired) electrons. The van der Waals surface area contributed by atoms with Crippen LogP contribution < -0.4 is 5.32 Å². The Kier molecular flexibility index (Phi) is 16.3. The van der Waals surface area contributed by atoms with Crippen molar-refractivity contribution in [3.8, 4) is 0 Å². The summed E-state index contributed by atoms with van der Waals surface area (Å²) >= 11 is 0. The van der Waals surface area contributed by atoms with Gasteiger partial charge in [0.15, 0.2) is 0 Å². The molecule has 0 heterocycles. The number of likely N-dealkylation sites (N-methyl/N-ethyl adjacent to an activating group) is 1. The van der Waals surface area contributed by atoms with Crippen LogP contribution in [0.2, 0.25) is 0 Å². The lowest BCUT2D eigenvalue weighted by Gasteiger charge is -2.15. The summed E-state index contributed by atoms with van der Waals surface area (Å²) in [6.45, 7) is 14.2. The molecule has 2 amide bonds. The fourth-order valence-electron chi connectivity index (χ4n) is 3.22. The molecule has 0 saturated heterocycles. The van der Waals surface area contributed by atoms with Gasteiger partial charge in [-0.15, -0.1) is 0 Å². The second-order valence-corrected chi connectivity index (χ2v) is 10.3. The zero-order valence-electron chi connectivity index (χ0n) is 22.3. The van der Waals surface area contributed by atoms with E-state index in [0.717, 1.165) is 57.9 Å². The molecule has 0 aromatic heterocycles. The molecule has 4 nitrogen and oxygen atoms in total. The fraction of sp³-hybridized carbons (Fsp3) is 0.667. The van der Waals surface area contributed by atoms with Crippen molar-refractivity contribution in [2.24, 2.45) is 11.8 Å². The molecule has 0 aromatic rings. The lowest BCUT2D eigenvalue weighted by molar-refractivity contribution is -0.130. The van der Waals surface area contributed by atoms with Gasteiger partial charge in [-0.3, -0.25) is 9.59 Å². The van der Waals surface area contributed by atoms with Gasteiger partial charge < -0.3 is 10.2 Å². The normalized spacial score (nSPS) is 15.3. The predicted molar refractivity (Wildman–Crippen MR) is 148 cm³/mol. The number of carbonyl (C=O) groups excluding carboxylic acids is 2. The van der Waals surface area contributed by atoms with Gasteiger partial charge in [-0.1, -0.05) is 54.0 Å². The van der Waals surface area contributed by atoms with Crippen molar-refractivity contribution in [1.82, 2.24) is 10.2 Å². The maximum absolute atomic E-state index is 11.7. The van der Waals surface area contributed by atoms with Crippen LogP contribution in [0.15, 0.2) is 46.6 Å². The summed E-state index contributed by atoms with van der Waals surface area (Å²) in [4.78, 5) is 24.9. The Bertz CT molecular complexity index is 742. The first-order valence-electron chi connectivity index (χ1n) is 12.7. The molecule has 2 saturated carbocycles. The minimum atomic E-state index is 0. The van der Waals surface area contributed by atoms with E-state index in [4.69, 9.17) is 0 Å². The van der Waals surface area contributed by atoms with Crippen LogP contribution in [0, 0.1) is 11.8 Å². The smallest absolute Gasteiger partial charge is 0.225 e. The molecule has 0 spiro atoms. The van der Waals surface area contributed by atoms with E-state index >= 15 is 0 Å². The summed E-state index contributed by atoms with van der Waals surface area (Å²) in [6.07, 6.45) is 17.5. The molecular weight excluding hydrogens is 420 g/mol. The number of allylic oxidation sites excluding steroid dienone is 6. The van der Waals surface area contributed by atoms with Crippen LogP contribution in [0.5, 0.6) is 0 Å². The molecule has 0 aromatic carbocycles. The molecule has 2 fully saturated rings. The van der Waals surface area contributed by atoms with Crippen molar-refractivity contribution in [2.45, 2.75) is 100 Å². The SMILES string of the molecule is C.CC(C)=CCC/C(C)=C/CN(C)C(=O)C1CC1.CC(C)=CCC/C(C)=C/CNC(=O)C1CC1. The molecule has 0 bridgehead atoms. The summed E-state index contributed by atoms with van der Waals surface area (Å²) in [6, 6.07) is 0. The molecule has 2 aliphatic rings. The zero-order valence-corrected chi connectivity index (χ0v) is 22.3. The Hall–Kier alpha value is -2.10. The van der Waals surface area contributed by atoms with Gasteiger partial charge in [0.05, 0.1) is 0 Å². The first-order valence-corrected chi connectivity index (χ1v) is 12.7.